The van der Waals surface area contributed by atoms with E-state index >= 15 is 0 Å². The van der Waals surface area contributed by atoms with E-state index in [1.807, 2.05) is 20.8 Å². The van der Waals surface area contributed by atoms with Crippen molar-refractivity contribution in [2.75, 3.05) is 7.11 Å². The minimum Gasteiger partial charge on any atom is -0.489 e. The summed E-state index contributed by atoms with van der Waals surface area (Å²) in [6, 6.07) is 0. The second kappa shape index (κ2) is 3.28. The molecule has 1 aliphatic heterocycles. The highest BCUT2D eigenvalue weighted by atomic mass is 16.6. The Morgan fingerprint density at radius 1 is 1.57 bits per heavy atom. The molecule has 0 aromatic carbocycles. The molecule has 80 valence electrons. The highest BCUT2D eigenvalue weighted by Gasteiger charge is 2.46. The molecule has 1 rings (SSSR count). The summed E-state index contributed by atoms with van der Waals surface area (Å²) in [7, 11) is 1.56. The summed E-state index contributed by atoms with van der Waals surface area (Å²) in [4.78, 5) is 10.6. The van der Waals surface area contributed by atoms with Gasteiger partial charge in [-0.25, -0.2) is 4.79 Å². The van der Waals surface area contributed by atoms with Crippen molar-refractivity contribution in [3.8, 4) is 0 Å². The van der Waals surface area contributed by atoms with Gasteiger partial charge in [0.1, 0.15) is 17.0 Å². The average Bonchev–Trinajstić information content (AvgIpc) is 2.21. The van der Waals surface area contributed by atoms with Gasteiger partial charge in [-0.1, -0.05) is 0 Å². The molecule has 0 amide bonds. The number of rotatable bonds is 2. The summed E-state index contributed by atoms with van der Waals surface area (Å²) in [6.07, 6.45) is 1.72. The molecule has 1 unspecified atom stereocenters. The molecule has 1 N–H and O–H groups in total. The Labute approximate surface area is 83.5 Å². The van der Waals surface area contributed by atoms with E-state index in [1.54, 1.807) is 7.11 Å². The predicted octanol–water partition coefficient (Wildman–Crippen LogP) is 1.56. The average molecular weight is 200 g/mol. The van der Waals surface area contributed by atoms with Crippen molar-refractivity contribution < 1.29 is 19.4 Å². The van der Waals surface area contributed by atoms with E-state index in [1.165, 1.54) is 0 Å². The zero-order valence-electron chi connectivity index (χ0n) is 8.96. The molecule has 4 nitrogen and oxygen atoms in total. The van der Waals surface area contributed by atoms with Gasteiger partial charge in [-0.3, -0.25) is 0 Å². The Hall–Kier alpha value is -1.03. The zero-order valence-corrected chi connectivity index (χ0v) is 8.96. The minimum absolute atomic E-state index is 0.369. The number of carbonyl (C=O) groups is 1. The normalized spacial score (nSPS) is 33.0. The summed E-state index contributed by atoms with van der Waals surface area (Å²) in [5.74, 6) is -0.626. The number of hydrogen-bond donors (Lipinski definition) is 1. The Morgan fingerprint density at radius 3 is 2.57 bits per heavy atom. The first kappa shape index (κ1) is 11.0. The van der Waals surface area contributed by atoms with Crippen LogP contribution in [0.3, 0.4) is 0 Å². The van der Waals surface area contributed by atoms with E-state index in [-0.39, 0.29) is 5.60 Å². The fraction of sp³-hybridized carbons (Fsp3) is 0.700. The highest BCUT2D eigenvalue weighted by molar-refractivity contribution is 5.80. The molecule has 0 bridgehead atoms. The summed E-state index contributed by atoms with van der Waals surface area (Å²) < 4.78 is 10.8. The van der Waals surface area contributed by atoms with Crippen LogP contribution in [0.5, 0.6) is 0 Å². The lowest BCUT2D eigenvalue weighted by atomic mass is 9.93. The number of carboxylic acids is 1. The van der Waals surface area contributed by atoms with E-state index < -0.39 is 11.6 Å². The molecule has 4 heteroatoms. The van der Waals surface area contributed by atoms with E-state index in [0.29, 0.717) is 12.2 Å². The quantitative estimate of drug-likeness (QED) is 0.687. The second-order valence-electron chi connectivity index (χ2n) is 4.32. The van der Waals surface area contributed by atoms with Crippen molar-refractivity contribution in [1.82, 2.24) is 0 Å². The van der Waals surface area contributed by atoms with Crippen LogP contribution in [-0.2, 0) is 14.3 Å². The standard InChI is InChI=1S/C10H16O4/c1-9(2)6-10(3,13-4)7(14-9)5-8(11)12/h5H,6H2,1-4H3,(H,11,12)/b7-5-. The lowest BCUT2D eigenvalue weighted by molar-refractivity contribution is -0.131. The first-order chi connectivity index (χ1) is 6.29. The van der Waals surface area contributed by atoms with Crippen molar-refractivity contribution in [2.45, 2.75) is 38.4 Å². The number of methoxy groups -OCH3 is 1. The van der Waals surface area contributed by atoms with Crippen LogP contribution in [0.25, 0.3) is 0 Å². The third-order valence-electron chi connectivity index (χ3n) is 2.38. The maximum absolute atomic E-state index is 10.6. The van der Waals surface area contributed by atoms with Crippen LogP contribution in [0.15, 0.2) is 11.8 Å². The summed E-state index contributed by atoms with van der Waals surface area (Å²) in [6.45, 7) is 5.65. The van der Waals surface area contributed by atoms with Gasteiger partial charge in [0.15, 0.2) is 0 Å². The van der Waals surface area contributed by atoms with E-state index in [2.05, 4.69) is 0 Å². The number of aliphatic carboxylic acids is 1. The summed E-state index contributed by atoms with van der Waals surface area (Å²) in [5, 5.41) is 8.66. The molecule has 1 fully saturated rings. The molecule has 0 spiro atoms. The van der Waals surface area contributed by atoms with Crippen molar-refractivity contribution >= 4 is 5.97 Å². The lowest BCUT2D eigenvalue weighted by Gasteiger charge is -2.20. The Bertz CT molecular complexity index is 280. The molecule has 0 aliphatic carbocycles. The topological polar surface area (TPSA) is 55.8 Å². The molecule has 0 radical (unpaired) electrons. The molecule has 14 heavy (non-hydrogen) atoms. The smallest absolute Gasteiger partial charge is 0.331 e. The highest BCUT2D eigenvalue weighted by Crippen LogP contribution is 2.42. The molecule has 1 heterocycles. The molecule has 1 saturated heterocycles. The molecule has 0 saturated carbocycles. The number of hydrogen-bond acceptors (Lipinski definition) is 3. The van der Waals surface area contributed by atoms with Crippen molar-refractivity contribution in [3.05, 3.63) is 11.8 Å². The molecular formula is C10H16O4. The van der Waals surface area contributed by atoms with Crippen LogP contribution in [-0.4, -0.2) is 29.4 Å². The van der Waals surface area contributed by atoms with Crippen LogP contribution in [0, 0.1) is 0 Å². The molecular weight excluding hydrogens is 184 g/mol. The van der Waals surface area contributed by atoms with E-state index in [9.17, 15) is 4.79 Å². The first-order valence-electron chi connectivity index (χ1n) is 4.48. The van der Waals surface area contributed by atoms with Crippen molar-refractivity contribution in [2.24, 2.45) is 0 Å². The largest absolute Gasteiger partial charge is 0.489 e. The van der Waals surface area contributed by atoms with Gasteiger partial charge in [0, 0.05) is 13.5 Å². The Kier molecular flexibility index (Phi) is 2.58. The third kappa shape index (κ3) is 2.07. The van der Waals surface area contributed by atoms with E-state index in [4.69, 9.17) is 14.6 Å². The van der Waals surface area contributed by atoms with Gasteiger partial charge in [0.2, 0.25) is 0 Å². The van der Waals surface area contributed by atoms with Crippen LogP contribution in [0.4, 0.5) is 0 Å². The van der Waals surface area contributed by atoms with Gasteiger partial charge in [-0.2, -0.15) is 0 Å². The molecule has 1 atom stereocenters. The predicted molar refractivity (Wildman–Crippen MR) is 50.9 cm³/mol. The van der Waals surface area contributed by atoms with Gasteiger partial charge in [-0.15, -0.1) is 0 Å². The maximum atomic E-state index is 10.6. The fourth-order valence-electron chi connectivity index (χ4n) is 1.81. The van der Waals surface area contributed by atoms with Gasteiger partial charge in [0.25, 0.3) is 0 Å². The lowest BCUT2D eigenvalue weighted by Crippen LogP contribution is -2.28. The van der Waals surface area contributed by atoms with Crippen LogP contribution >= 0.6 is 0 Å². The van der Waals surface area contributed by atoms with Gasteiger partial charge in [-0.05, 0) is 20.8 Å². The zero-order chi connectivity index (χ0) is 11.0. The SMILES string of the molecule is COC1(C)CC(C)(C)O/C1=C\C(=O)O. The Balaban J connectivity index is 3.00. The monoisotopic (exact) mass is 200 g/mol. The number of ether oxygens (including phenoxy) is 2. The molecule has 0 aromatic rings. The minimum atomic E-state index is -1.01. The maximum Gasteiger partial charge on any atom is 0.331 e. The molecule has 0 aromatic heterocycles. The molecule has 1 aliphatic rings. The van der Waals surface area contributed by atoms with Crippen LogP contribution in [0.2, 0.25) is 0 Å². The van der Waals surface area contributed by atoms with Gasteiger partial charge in [0.05, 0.1) is 6.08 Å². The second-order valence-corrected chi connectivity index (χ2v) is 4.32. The third-order valence-corrected chi connectivity index (χ3v) is 2.38. The number of carboxylic acid groups (broad SMARTS) is 1. The Morgan fingerprint density at radius 2 is 2.14 bits per heavy atom. The van der Waals surface area contributed by atoms with E-state index in [0.717, 1.165) is 6.08 Å². The summed E-state index contributed by atoms with van der Waals surface area (Å²) in [5.41, 5.74) is -0.992. The first-order valence-corrected chi connectivity index (χ1v) is 4.48. The van der Waals surface area contributed by atoms with Gasteiger partial charge < -0.3 is 14.6 Å². The fourth-order valence-corrected chi connectivity index (χ4v) is 1.81. The summed E-state index contributed by atoms with van der Waals surface area (Å²) >= 11 is 0. The van der Waals surface area contributed by atoms with Crippen LogP contribution in [0.1, 0.15) is 27.2 Å². The van der Waals surface area contributed by atoms with Crippen LogP contribution < -0.4 is 0 Å². The van der Waals surface area contributed by atoms with Gasteiger partial charge >= 0.3 is 5.97 Å². The van der Waals surface area contributed by atoms with Crippen molar-refractivity contribution in [1.29, 1.82) is 0 Å². The van der Waals surface area contributed by atoms with Crippen molar-refractivity contribution in [3.63, 3.8) is 0 Å².